The van der Waals surface area contributed by atoms with Gasteiger partial charge < -0.3 is 14.7 Å². The number of hydrogen-bond donors (Lipinski definition) is 1. The second kappa shape index (κ2) is 5.08. The standard InChI is InChI=1S/C13H19NO3/c1-13(2,9-12(15)16)17-11-7-5-6-10(8-11)14(3)4/h5-8H,9H2,1-4H3,(H,15,16). The van der Waals surface area contributed by atoms with Crippen molar-refractivity contribution in [3.05, 3.63) is 24.3 Å². The van der Waals surface area contributed by atoms with Crippen LogP contribution in [0.3, 0.4) is 0 Å². The molecule has 0 aliphatic rings. The van der Waals surface area contributed by atoms with E-state index in [0.717, 1.165) is 5.69 Å². The first-order valence-corrected chi connectivity index (χ1v) is 5.48. The zero-order valence-electron chi connectivity index (χ0n) is 10.7. The second-order valence-corrected chi connectivity index (χ2v) is 4.82. The number of aliphatic carboxylic acids is 1. The summed E-state index contributed by atoms with van der Waals surface area (Å²) in [5, 5.41) is 8.78. The highest BCUT2D eigenvalue weighted by Crippen LogP contribution is 2.24. The first kappa shape index (κ1) is 13.4. The third-order valence-corrected chi connectivity index (χ3v) is 2.31. The van der Waals surface area contributed by atoms with Crippen LogP contribution in [0, 0.1) is 0 Å². The molecule has 17 heavy (non-hydrogen) atoms. The van der Waals surface area contributed by atoms with Crippen LogP contribution in [0.25, 0.3) is 0 Å². The van der Waals surface area contributed by atoms with Crippen LogP contribution >= 0.6 is 0 Å². The fourth-order valence-corrected chi connectivity index (χ4v) is 1.54. The predicted molar refractivity (Wildman–Crippen MR) is 67.7 cm³/mol. The van der Waals surface area contributed by atoms with Crippen molar-refractivity contribution in [2.45, 2.75) is 25.9 Å². The fraction of sp³-hybridized carbons (Fsp3) is 0.462. The molecule has 94 valence electrons. The molecule has 0 bridgehead atoms. The minimum atomic E-state index is -0.862. The lowest BCUT2D eigenvalue weighted by molar-refractivity contribution is -0.140. The molecule has 4 nitrogen and oxygen atoms in total. The van der Waals surface area contributed by atoms with E-state index in [4.69, 9.17) is 9.84 Å². The van der Waals surface area contributed by atoms with Crippen molar-refractivity contribution in [2.75, 3.05) is 19.0 Å². The minimum Gasteiger partial charge on any atom is -0.487 e. The smallest absolute Gasteiger partial charge is 0.307 e. The van der Waals surface area contributed by atoms with Crippen molar-refractivity contribution >= 4 is 11.7 Å². The molecule has 0 atom stereocenters. The molecular formula is C13H19NO3. The number of benzene rings is 1. The van der Waals surface area contributed by atoms with Crippen molar-refractivity contribution in [2.24, 2.45) is 0 Å². The van der Waals surface area contributed by atoms with Gasteiger partial charge in [0.1, 0.15) is 11.4 Å². The van der Waals surface area contributed by atoms with Crippen LogP contribution in [0.2, 0.25) is 0 Å². The Kier molecular flexibility index (Phi) is 3.99. The van der Waals surface area contributed by atoms with Crippen LogP contribution in [0.1, 0.15) is 20.3 Å². The summed E-state index contributed by atoms with van der Waals surface area (Å²) < 4.78 is 5.70. The van der Waals surface area contributed by atoms with Gasteiger partial charge in [0.15, 0.2) is 0 Å². The van der Waals surface area contributed by atoms with Crippen molar-refractivity contribution in [1.29, 1.82) is 0 Å². The maximum absolute atomic E-state index is 10.7. The summed E-state index contributed by atoms with van der Waals surface area (Å²) in [5.74, 6) is -0.179. The molecule has 0 aliphatic heterocycles. The Morgan fingerprint density at radius 3 is 2.59 bits per heavy atom. The van der Waals surface area contributed by atoms with E-state index in [1.54, 1.807) is 13.8 Å². The van der Waals surface area contributed by atoms with Crippen LogP contribution in [0.4, 0.5) is 5.69 Å². The van der Waals surface area contributed by atoms with Gasteiger partial charge in [0.05, 0.1) is 6.42 Å². The quantitative estimate of drug-likeness (QED) is 0.854. The lowest BCUT2D eigenvalue weighted by Gasteiger charge is -2.25. The number of carboxylic acid groups (broad SMARTS) is 1. The van der Waals surface area contributed by atoms with Crippen LogP contribution in [-0.2, 0) is 4.79 Å². The van der Waals surface area contributed by atoms with Gasteiger partial charge in [0, 0.05) is 25.8 Å². The van der Waals surface area contributed by atoms with E-state index in [1.165, 1.54) is 0 Å². The maximum atomic E-state index is 10.7. The number of rotatable bonds is 5. The topological polar surface area (TPSA) is 49.8 Å². The van der Waals surface area contributed by atoms with Gasteiger partial charge in [0.2, 0.25) is 0 Å². The average molecular weight is 237 g/mol. The molecule has 0 heterocycles. The zero-order chi connectivity index (χ0) is 13.1. The minimum absolute atomic E-state index is 0.0286. The molecule has 1 aromatic rings. The van der Waals surface area contributed by atoms with E-state index < -0.39 is 11.6 Å². The van der Waals surface area contributed by atoms with E-state index >= 15 is 0 Å². The molecule has 0 spiro atoms. The molecule has 1 N–H and O–H groups in total. The highest BCUT2D eigenvalue weighted by atomic mass is 16.5. The Bertz CT molecular complexity index is 399. The molecule has 0 amide bonds. The molecule has 0 aliphatic carbocycles. The van der Waals surface area contributed by atoms with E-state index in [-0.39, 0.29) is 6.42 Å². The third kappa shape index (κ3) is 4.34. The van der Waals surface area contributed by atoms with E-state index in [0.29, 0.717) is 5.75 Å². The molecule has 0 radical (unpaired) electrons. The van der Waals surface area contributed by atoms with Gasteiger partial charge in [-0.15, -0.1) is 0 Å². The van der Waals surface area contributed by atoms with E-state index in [9.17, 15) is 4.79 Å². The van der Waals surface area contributed by atoms with Crippen molar-refractivity contribution < 1.29 is 14.6 Å². The summed E-state index contributed by atoms with van der Waals surface area (Å²) >= 11 is 0. The molecule has 0 saturated heterocycles. The van der Waals surface area contributed by atoms with Gasteiger partial charge in [-0.05, 0) is 26.0 Å². The Hall–Kier alpha value is -1.71. The van der Waals surface area contributed by atoms with Crippen LogP contribution in [0.5, 0.6) is 5.75 Å². The fourth-order valence-electron chi connectivity index (χ4n) is 1.54. The van der Waals surface area contributed by atoms with Gasteiger partial charge in [-0.3, -0.25) is 4.79 Å². The lowest BCUT2D eigenvalue weighted by atomic mass is 10.1. The predicted octanol–water partition coefficient (Wildman–Crippen LogP) is 2.38. The number of nitrogens with zero attached hydrogens (tertiary/aromatic N) is 1. The van der Waals surface area contributed by atoms with Crippen molar-refractivity contribution in [3.63, 3.8) is 0 Å². The van der Waals surface area contributed by atoms with Gasteiger partial charge in [-0.25, -0.2) is 0 Å². The average Bonchev–Trinajstić information content (AvgIpc) is 2.14. The number of anilines is 1. The zero-order valence-corrected chi connectivity index (χ0v) is 10.7. The van der Waals surface area contributed by atoms with Gasteiger partial charge in [-0.2, -0.15) is 0 Å². The monoisotopic (exact) mass is 237 g/mol. The summed E-state index contributed by atoms with van der Waals surface area (Å²) in [6.07, 6.45) is -0.0286. The number of hydrogen-bond acceptors (Lipinski definition) is 3. The molecular weight excluding hydrogens is 218 g/mol. The van der Waals surface area contributed by atoms with Crippen molar-refractivity contribution in [3.8, 4) is 5.75 Å². The Balaban J connectivity index is 2.80. The summed E-state index contributed by atoms with van der Waals surface area (Å²) in [6, 6.07) is 7.58. The summed E-state index contributed by atoms with van der Waals surface area (Å²) in [6.45, 7) is 3.53. The highest BCUT2D eigenvalue weighted by Gasteiger charge is 2.23. The van der Waals surface area contributed by atoms with Crippen LogP contribution in [-0.4, -0.2) is 30.8 Å². The number of ether oxygens (including phenoxy) is 1. The largest absolute Gasteiger partial charge is 0.487 e. The van der Waals surface area contributed by atoms with Crippen LogP contribution in [0.15, 0.2) is 24.3 Å². The summed E-state index contributed by atoms with van der Waals surface area (Å²) in [5.41, 5.74) is 0.310. The number of carbonyl (C=O) groups is 1. The lowest BCUT2D eigenvalue weighted by Crippen LogP contribution is -2.31. The third-order valence-electron chi connectivity index (χ3n) is 2.31. The first-order chi connectivity index (χ1) is 7.80. The summed E-state index contributed by atoms with van der Waals surface area (Å²) in [4.78, 5) is 12.7. The maximum Gasteiger partial charge on any atom is 0.307 e. The van der Waals surface area contributed by atoms with E-state index in [1.807, 2.05) is 43.3 Å². The second-order valence-electron chi connectivity index (χ2n) is 4.82. The normalized spacial score (nSPS) is 11.1. The Morgan fingerprint density at radius 1 is 1.41 bits per heavy atom. The van der Waals surface area contributed by atoms with E-state index in [2.05, 4.69) is 0 Å². The molecule has 0 saturated carbocycles. The van der Waals surface area contributed by atoms with Gasteiger partial charge in [0.25, 0.3) is 0 Å². The molecule has 0 aromatic heterocycles. The molecule has 0 fully saturated rings. The molecule has 1 aromatic carbocycles. The number of carboxylic acids is 1. The van der Waals surface area contributed by atoms with Gasteiger partial charge in [-0.1, -0.05) is 6.07 Å². The first-order valence-electron chi connectivity index (χ1n) is 5.48. The highest BCUT2D eigenvalue weighted by molar-refractivity contribution is 5.68. The Morgan fingerprint density at radius 2 is 2.06 bits per heavy atom. The SMILES string of the molecule is CN(C)c1cccc(OC(C)(C)CC(=O)O)c1. The molecule has 1 rings (SSSR count). The summed E-state index contributed by atoms with van der Waals surface area (Å²) in [7, 11) is 3.89. The Labute approximate surface area is 102 Å². The van der Waals surface area contributed by atoms with Crippen molar-refractivity contribution in [1.82, 2.24) is 0 Å². The van der Waals surface area contributed by atoms with Crippen LogP contribution < -0.4 is 9.64 Å². The molecule has 4 heteroatoms. The molecule has 0 unspecified atom stereocenters. The van der Waals surface area contributed by atoms with Gasteiger partial charge >= 0.3 is 5.97 Å².